The van der Waals surface area contributed by atoms with Crippen molar-refractivity contribution in [2.75, 3.05) is 13.2 Å². The van der Waals surface area contributed by atoms with Crippen LogP contribution in [0.1, 0.15) is 65.1 Å². The van der Waals surface area contributed by atoms with E-state index >= 15 is 0 Å². The summed E-state index contributed by atoms with van der Waals surface area (Å²) in [7, 11) is 0. The molecular formula is C17H25NO2S. The van der Waals surface area contributed by atoms with Crippen LogP contribution in [-0.4, -0.2) is 35.1 Å². The fourth-order valence-corrected chi connectivity index (χ4v) is 4.76. The van der Waals surface area contributed by atoms with Crippen molar-refractivity contribution in [1.29, 1.82) is 0 Å². The molecule has 1 aliphatic carbocycles. The summed E-state index contributed by atoms with van der Waals surface area (Å²) in [6.45, 7) is 0.892. The summed E-state index contributed by atoms with van der Waals surface area (Å²) in [5.74, 6) is 0.144. The minimum absolute atomic E-state index is 0.0240. The number of piperidine rings is 1. The Kier molecular flexibility index (Phi) is 4.96. The van der Waals surface area contributed by atoms with E-state index in [9.17, 15) is 9.90 Å². The summed E-state index contributed by atoms with van der Waals surface area (Å²) in [5, 5.41) is 9.50. The summed E-state index contributed by atoms with van der Waals surface area (Å²) in [4.78, 5) is 17.0. The molecule has 0 radical (unpaired) electrons. The summed E-state index contributed by atoms with van der Waals surface area (Å²) in [5.41, 5.74) is 1.40. The molecule has 3 rings (SSSR count). The predicted octanol–water partition coefficient (Wildman–Crippen LogP) is 3.39. The standard InChI is InChI=1S/C17H25NO2S/c19-12-14-8-5-6-10-18(14)17(20)16-11-13-7-3-1-2-4-9-15(13)21-16/h11,14,19H,1-10,12H2. The summed E-state index contributed by atoms with van der Waals surface area (Å²) in [6, 6.07) is 2.16. The number of rotatable bonds is 2. The first-order valence-corrected chi connectivity index (χ1v) is 9.14. The topological polar surface area (TPSA) is 40.5 Å². The van der Waals surface area contributed by atoms with Crippen LogP contribution in [0.25, 0.3) is 0 Å². The molecule has 4 heteroatoms. The SMILES string of the molecule is O=C(c1cc2c(s1)CCCCCC2)N1CCCCC1CO. The van der Waals surface area contributed by atoms with Gasteiger partial charge in [0.15, 0.2) is 0 Å². The zero-order valence-corrected chi connectivity index (χ0v) is 13.5. The molecule has 2 heterocycles. The molecule has 0 spiro atoms. The molecule has 1 saturated heterocycles. The molecule has 0 bridgehead atoms. The van der Waals surface area contributed by atoms with Gasteiger partial charge in [-0.05, 0) is 56.6 Å². The van der Waals surface area contributed by atoms with Crippen molar-refractivity contribution in [3.05, 3.63) is 21.4 Å². The molecule has 3 nitrogen and oxygen atoms in total. The van der Waals surface area contributed by atoms with Gasteiger partial charge in [0, 0.05) is 11.4 Å². The number of hydrogen-bond acceptors (Lipinski definition) is 3. The van der Waals surface area contributed by atoms with Gasteiger partial charge in [-0.3, -0.25) is 4.79 Å². The molecule has 116 valence electrons. The summed E-state index contributed by atoms with van der Waals surface area (Å²) >= 11 is 1.70. The molecule has 1 aliphatic heterocycles. The Bertz CT molecular complexity index is 471. The van der Waals surface area contributed by atoms with E-state index in [-0.39, 0.29) is 18.6 Å². The average Bonchev–Trinajstić information content (AvgIpc) is 2.88. The zero-order valence-electron chi connectivity index (χ0n) is 12.6. The Morgan fingerprint density at radius 3 is 2.81 bits per heavy atom. The minimum Gasteiger partial charge on any atom is -0.394 e. The van der Waals surface area contributed by atoms with Crippen molar-refractivity contribution >= 4 is 17.2 Å². The van der Waals surface area contributed by atoms with Gasteiger partial charge in [0.2, 0.25) is 0 Å². The third-order valence-electron chi connectivity index (χ3n) is 4.81. The van der Waals surface area contributed by atoms with Crippen LogP contribution in [0.3, 0.4) is 0 Å². The van der Waals surface area contributed by atoms with Gasteiger partial charge >= 0.3 is 0 Å². The number of aliphatic hydroxyl groups is 1. The number of amides is 1. The van der Waals surface area contributed by atoms with Crippen LogP contribution in [0.5, 0.6) is 0 Å². The number of likely N-dealkylation sites (tertiary alicyclic amines) is 1. The molecule has 1 fully saturated rings. The second-order valence-electron chi connectivity index (χ2n) is 6.30. The number of thiophene rings is 1. The van der Waals surface area contributed by atoms with Crippen LogP contribution in [0.2, 0.25) is 0 Å². The Hall–Kier alpha value is -0.870. The molecule has 2 aliphatic rings. The van der Waals surface area contributed by atoms with Gasteiger partial charge in [-0.2, -0.15) is 0 Å². The smallest absolute Gasteiger partial charge is 0.264 e. The number of carbonyl (C=O) groups is 1. The van der Waals surface area contributed by atoms with E-state index in [0.29, 0.717) is 0 Å². The van der Waals surface area contributed by atoms with Crippen molar-refractivity contribution < 1.29 is 9.90 Å². The lowest BCUT2D eigenvalue weighted by Crippen LogP contribution is -2.45. The van der Waals surface area contributed by atoms with Gasteiger partial charge in [0.1, 0.15) is 0 Å². The van der Waals surface area contributed by atoms with Crippen molar-refractivity contribution in [1.82, 2.24) is 4.90 Å². The Balaban J connectivity index is 1.79. The molecule has 0 saturated carbocycles. The monoisotopic (exact) mass is 307 g/mol. The number of aliphatic hydroxyl groups excluding tert-OH is 1. The normalized spacial score (nSPS) is 23.3. The second kappa shape index (κ2) is 6.93. The number of carbonyl (C=O) groups excluding carboxylic acids is 1. The van der Waals surface area contributed by atoms with Crippen molar-refractivity contribution in [3.63, 3.8) is 0 Å². The Labute approximate surface area is 131 Å². The quantitative estimate of drug-likeness (QED) is 0.910. The largest absolute Gasteiger partial charge is 0.394 e. The fourth-order valence-electron chi connectivity index (χ4n) is 3.55. The van der Waals surface area contributed by atoms with Gasteiger partial charge in [-0.15, -0.1) is 11.3 Å². The van der Waals surface area contributed by atoms with Crippen LogP contribution in [0.15, 0.2) is 6.07 Å². The van der Waals surface area contributed by atoms with E-state index in [4.69, 9.17) is 0 Å². The van der Waals surface area contributed by atoms with Crippen LogP contribution >= 0.6 is 11.3 Å². The molecular weight excluding hydrogens is 282 g/mol. The third-order valence-corrected chi connectivity index (χ3v) is 6.03. The Morgan fingerprint density at radius 1 is 1.19 bits per heavy atom. The number of aryl methyl sites for hydroxylation is 2. The first-order chi connectivity index (χ1) is 10.3. The highest BCUT2D eigenvalue weighted by Crippen LogP contribution is 2.30. The second-order valence-corrected chi connectivity index (χ2v) is 7.44. The lowest BCUT2D eigenvalue weighted by Gasteiger charge is -2.34. The van der Waals surface area contributed by atoms with Crippen LogP contribution in [0, 0.1) is 0 Å². The van der Waals surface area contributed by atoms with Gasteiger partial charge in [0.25, 0.3) is 5.91 Å². The first-order valence-electron chi connectivity index (χ1n) is 8.33. The average molecular weight is 307 g/mol. The van der Waals surface area contributed by atoms with E-state index in [2.05, 4.69) is 6.07 Å². The minimum atomic E-state index is 0.0240. The molecule has 1 unspecified atom stereocenters. The highest BCUT2D eigenvalue weighted by Gasteiger charge is 2.28. The highest BCUT2D eigenvalue weighted by molar-refractivity contribution is 7.14. The molecule has 1 aromatic heterocycles. The number of nitrogens with zero attached hydrogens (tertiary/aromatic N) is 1. The number of fused-ring (bicyclic) bond motifs is 1. The maximum absolute atomic E-state index is 12.8. The van der Waals surface area contributed by atoms with Crippen LogP contribution in [0.4, 0.5) is 0 Å². The van der Waals surface area contributed by atoms with E-state index in [1.165, 1.54) is 36.1 Å². The maximum atomic E-state index is 12.8. The predicted molar refractivity (Wildman–Crippen MR) is 86.0 cm³/mol. The summed E-state index contributed by atoms with van der Waals surface area (Å²) in [6.07, 6.45) is 10.5. The molecule has 0 aromatic carbocycles. The van der Waals surface area contributed by atoms with E-state index < -0.39 is 0 Å². The maximum Gasteiger partial charge on any atom is 0.264 e. The van der Waals surface area contributed by atoms with Crippen molar-refractivity contribution in [3.8, 4) is 0 Å². The summed E-state index contributed by atoms with van der Waals surface area (Å²) < 4.78 is 0. The van der Waals surface area contributed by atoms with E-state index in [0.717, 1.165) is 43.5 Å². The molecule has 21 heavy (non-hydrogen) atoms. The molecule has 1 aromatic rings. The third kappa shape index (κ3) is 3.32. The zero-order chi connectivity index (χ0) is 14.7. The number of hydrogen-bond donors (Lipinski definition) is 1. The van der Waals surface area contributed by atoms with E-state index in [1.807, 2.05) is 4.90 Å². The van der Waals surface area contributed by atoms with Gasteiger partial charge in [-0.1, -0.05) is 12.8 Å². The highest BCUT2D eigenvalue weighted by atomic mass is 32.1. The molecule has 1 atom stereocenters. The first kappa shape index (κ1) is 15.0. The molecule has 1 amide bonds. The van der Waals surface area contributed by atoms with Gasteiger partial charge in [-0.25, -0.2) is 0 Å². The van der Waals surface area contributed by atoms with E-state index in [1.54, 1.807) is 11.3 Å². The lowest BCUT2D eigenvalue weighted by molar-refractivity contribution is 0.0507. The van der Waals surface area contributed by atoms with Gasteiger partial charge in [0.05, 0.1) is 17.5 Å². The van der Waals surface area contributed by atoms with Crippen molar-refractivity contribution in [2.45, 2.75) is 63.8 Å². The van der Waals surface area contributed by atoms with Crippen LogP contribution < -0.4 is 0 Å². The van der Waals surface area contributed by atoms with Gasteiger partial charge < -0.3 is 10.0 Å². The van der Waals surface area contributed by atoms with Crippen LogP contribution in [-0.2, 0) is 12.8 Å². The Morgan fingerprint density at radius 2 is 2.00 bits per heavy atom. The fraction of sp³-hybridized carbons (Fsp3) is 0.706. The lowest BCUT2D eigenvalue weighted by atomic mass is 9.99. The van der Waals surface area contributed by atoms with Crippen molar-refractivity contribution in [2.24, 2.45) is 0 Å². The molecule has 1 N–H and O–H groups in total.